The first-order chi connectivity index (χ1) is 7.52. The topological polar surface area (TPSA) is 21.3 Å². The van der Waals surface area contributed by atoms with Crippen molar-refractivity contribution in [2.75, 3.05) is 11.3 Å². The highest BCUT2D eigenvalue weighted by Crippen LogP contribution is 2.35. The summed E-state index contributed by atoms with van der Waals surface area (Å²) in [5.41, 5.74) is 3.67. The molecule has 0 radical (unpaired) electrons. The van der Waals surface area contributed by atoms with E-state index in [1.807, 2.05) is 6.07 Å². The number of hydrogen-bond acceptors (Lipinski definition) is 3. The first-order valence-electron chi connectivity index (χ1n) is 5.37. The maximum Gasteiger partial charge on any atom is 0.131 e. The van der Waals surface area contributed by atoms with E-state index in [1.165, 1.54) is 11.1 Å². The summed E-state index contributed by atoms with van der Waals surface area (Å²) in [6, 6.07) is 6.09. The van der Waals surface area contributed by atoms with Gasteiger partial charge in [0.15, 0.2) is 0 Å². The summed E-state index contributed by atoms with van der Waals surface area (Å²) < 4.78 is 5.38. The molecular weight excluding hydrogens is 218 g/mol. The molecule has 86 valence electrons. The van der Waals surface area contributed by atoms with Crippen molar-refractivity contribution in [3.63, 3.8) is 0 Å². The lowest BCUT2D eigenvalue weighted by Crippen LogP contribution is -2.31. The molecule has 0 unspecified atom stereocenters. The molecule has 1 N–H and O–H groups in total. The van der Waals surface area contributed by atoms with Gasteiger partial charge in [0, 0.05) is 11.3 Å². The fourth-order valence-corrected chi connectivity index (χ4v) is 2.27. The molecule has 0 saturated heterocycles. The quantitative estimate of drug-likeness (QED) is 0.604. The molecule has 0 aromatic heterocycles. The van der Waals surface area contributed by atoms with Gasteiger partial charge in [0.1, 0.15) is 11.7 Å². The fraction of sp³-hybridized carbons (Fsp3) is 0.385. The molecule has 1 aromatic rings. The van der Waals surface area contributed by atoms with E-state index in [0.29, 0.717) is 5.94 Å². The van der Waals surface area contributed by atoms with Crippen LogP contribution in [-0.2, 0) is 0 Å². The first kappa shape index (κ1) is 11.4. The van der Waals surface area contributed by atoms with E-state index < -0.39 is 0 Å². The number of allylic oxidation sites excluding steroid dienone is 1. The van der Waals surface area contributed by atoms with E-state index in [0.717, 1.165) is 11.4 Å². The normalized spacial score (nSPS) is 17.1. The molecule has 0 fully saturated rings. The van der Waals surface area contributed by atoms with Crippen LogP contribution in [0, 0.1) is 0 Å². The van der Waals surface area contributed by atoms with Gasteiger partial charge in [0.2, 0.25) is 0 Å². The molecule has 3 heteroatoms. The van der Waals surface area contributed by atoms with Gasteiger partial charge < -0.3 is 10.1 Å². The van der Waals surface area contributed by atoms with Crippen LogP contribution in [0.5, 0.6) is 5.75 Å². The van der Waals surface area contributed by atoms with Gasteiger partial charge >= 0.3 is 0 Å². The van der Waals surface area contributed by atoms with Crippen molar-refractivity contribution < 1.29 is 4.74 Å². The number of rotatable bonds is 2. The minimum absolute atomic E-state index is 0.0169. The number of nitrogens with one attached hydrogen (secondary N) is 1. The van der Waals surface area contributed by atoms with Crippen molar-refractivity contribution in [3.8, 4) is 5.75 Å². The first-order valence-corrected chi connectivity index (χ1v) is 6.01. The van der Waals surface area contributed by atoms with E-state index in [9.17, 15) is 0 Å². The second-order valence-electron chi connectivity index (χ2n) is 4.65. The van der Waals surface area contributed by atoms with E-state index in [-0.39, 0.29) is 5.54 Å². The Kier molecular flexibility index (Phi) is 2.89. The lowest BCUT2D eigenvalue weighted by molar-refractivity contribution is 0.394. The monoisotopic (exact) mass is 235 g/mol. The van der Waals surface area contributed by atoms with Crippen molar-refractivity contribution >= 4 is 23.9 Å². The number of ether oxygens (including phenoxy) is 1. The zero-order chi connectivity index (χ0) is 11.8. The molecule has 1 aliphatic heterocycles. The number of benzene rings is 1. The Labute approximate surface area is 102 Å². The Bertz CT molecular complexity index is 438. The summed E-state index contributed by atoms with van der Waals surface area (Å²) in [5.74, 6) is 1.27. The SMILES string of the molecule is CC1=CC(C)(C)Nc2ccc(OCS)cc21. The maximum absolute atomic E-state index is 5.38. The molecule has 0 aliphatic carbocycles. The second-order valence-corrected chi connectivity index (χ2v) is 4.91. The average molecular weight is 235 g/mol. The van der Waals surface area contributed by atoms with Gasteiger partial charge in [-0.2, -0.15) is 0 Å². The van der Waals surface area contributed by atoms with E-state index in [1.54, 1.807) is 0 Å². The molecule has 0 spiro atoms. The van der Waals surface area contributed by atoms with Crippen LogP contribution >= 0.6 is 12.6 Å². The van der Waals surface area contributed by atoms with Gasteiger partial charge in [-0.25, -0.2) is 0 Å². The van der Waals surface area contributed by atoms with Crippen LogP contribution in [-0.4, -0.2) is 11.5 Å². The number of thiol groups is 1. The van der Waals surface area contributed by atoms with Crippen LogP contribution < -0.4 is 10.1 Å². The molecule has 0 amide bonds. The Hall–Kier alpha value is -1.09. The van der Waals surface area contributed by atoms with Gasteiger partial charge in [0.25, 0.3) is 0 Å². The standard InChI is InChI=1S/C13H17NOS/c1-9-7-13(2,3)14-12-5-4-10(15-8-16)6-11(9)12/h4-7,14,16H,8H2,1-3H3. The van der Waals surface area contributed by atoms with Crippen molar-refractivity contribution in [1.82, 2.24) is 0 Å². The Morgan fingerprint density at radius 1 is 1.38 bits per heavy atom. The van der Waals surface area contributed by atoms with Gasteiger partial charge in [-0.05, 0) is 44.5 Å². The number of fused-ring (bicyclic) bond motifs is 1. The molecule has 16 heavy (non-hydrogen) atoms. The van der Waals surface area contributed by atoms with Crippen molar-refractivity contribution in [3.05, 3.63) is 29.8 Å². The zero-order valence-electron chi connectivity index (χ0n) is 9.87. The third kappa shape index (κ3) is 2.19. The van der Waals surface area contributed by atoms with Crippen LogP contribution in [0.25, 0.3) is 5.57 Å². The highest BCUT2D eigenvalue weighted by molar-refractivity contribution is 7.80. The summed E-state index contributed by atoms with van der Waals surface area (Å²) in [6.45, 7) is 6.46. The summed E-state index contributed by atoms with van der Waals surface area (Å²) in [6.07, 6.45) is 2.24. The van der Waals surface area contributed by atoms with Gasteiger partial charge in [-0.1, -0.05) is 6.08 Å². The Morgan fingerprint density at radius 3 is 2.81 bits per heavy atom. The van der Waals surface area contributed by atoms with Crippen LogP contribution in [0.1, 0.15) is 26.3 Å². The highest BCUT2D eigenvalue weighted by Gasteiger charge is 2.22. The molecular formula is C13H17NOS. The maximum atomic E-state index is 5.38. The van der Waals surface area contributed by atoms with Crippen LogP contribution in [0.15, 0.2) is 24.3 Å². The molecule has 1 aromatic carbocycles. The van der Waals surface area contributed by atoms with Crippen LogP contribution in [0.3, 0.4) is 0 Å². The van der Waals surface area contributed by atoms with E-state index in [4.69, 9.17) is 4.74 Å². The van der Waals surface area contributed by atoms with Gasteiger partial charge in [-0.3, -0.25) is 0 Å². The summed E-state index contributed by atoms with van der Waals surface area (Å²) in [7, 11) is 0. The zero-order valence-corrected chi connectivity index (χ0v) is 10.8. The van der Waals surface area contributed by atoms with Crippen LogP contribution in [0.4, 0.5) is 5.69 Å². The molecule has 2 nitrogen and oxygen atoms in total. The van der Waals surface area contributed by atoms with E-state index >= 15 is 0 Å². The molecule has 0 saturated carbocycles. The third-order valence-corrected chi connectivity index (χ3v) is 2.81. The average Bonchev–Trinajstić information content (AvgIpc) is 2.18. The molecule has 0 atom stereocenters. The molecule has 0 bridgehead atoms. The molecule has 1 aliphatic rings. The van der Waals surface area contributed by atoms with Crippen molar-refractivity contribution in [2.45, 2.75) is 26.3 Å². The van der Waals surface area contributed by atoms with Crippen molar-refractivity contribution in [2.24, 2.45) is 0 Å². The number of hydrogen-bond donors (Lipinski definition) is 2. The second kappa shape index (κ2) is 4.06. The minimum atomic E-state index is 0.0169. The number of anilines is 1. The lowest BCUT2D eigenvalue weighted by atomic mass is 9.91. The van der Waals surface area contributed by atoms with Crippen LogP contribution in [0.2, 0.25) is 0 Å². The summed E-state index contributed by atoms with van der Waals surface area (Å²) >= 11 is 4.06. The Morgan fingerprint density at radius 2 is 2.12 bits per heavy atom. The van der Waals surface area contributed by atoms with Crippen molar-refractivity contribution in [1.29, 1.82) is 0 Å². The molecule has 2 rings (SSSR count). The van der Waals surface area contributed by atoms with Gasteiger partial charge in [-0.15, -0.1) is 12.6 Å². The summed E-state index contributed by atoms with van der Waals surface area (Å²) in [4.78, 5) is 0. The third-order valence-electron chi connectivity index (χ3n) is 2.68. The largest absolute Gasteiger partial charge is 0.483 e. The lowest BCUT2D eigenvalue weighted by Gasteiger charge is -2.31. The van der Waals surface area contributed by atoms with E-state index in [2.05, 4.69) is 56.9 Å². The smallest absolute Gasteiger partial charge is 0.131 e. The van der Waals surface area contributed by atoms with Gasteiger partial charge in [0.05, 0.1) is 5.54 Å². The fourth-order valence-electron chi connectivity index (χ4n) is 2.13. The summed E-state index contributed by atoms with van der Waals surface area (Å²) in [5, 5.41) is 3.48. The highest BCUT2D eigenvalue weighted by atomic mass is 32.1. The molecule has 1 heterocycles. The predicted octanol–water partition coefficient (Wildman–Crippen LogP) is 3.56. The minimum Gasteiger partial charge on any atom is -0.483 e. The predicted molar refractivity (Wildman–Crippen MR) is 72.3 cm³/mol. The Balaban J connectivity index is 2.42.